The SMILES string of the molecule is COc1ccc(C2CCc3cc(OC)ccc3N2C(=O)c2ccc(OCCN3CCCCC3)cc2)cc1. The Balaban J connectivity index is 1.36. The van der Waals surface area contributed by atoms with Gasteiger partial charge in [0.1, 0.15) is 23.9 Å². The summed E-state index contributed by atoms with van der Waals surface area (Å²) < 4.78 is 16.8. The lowest BCUT2D eigenvalue weighted by Gasteiger charge is -2.38. The second-order valence-electron chi connectivity index (χ2n) is 9.77. The van der Waals surface area contributed by atoms with Crippen molar-refractivity contribution in [2.75, 3.05) is 45.4 Å². The van der Waals surface area contributed by atoms with Gasteiger partial charge in [0, 0.05) is 17.8 Å². The fourth-order valence-corrected chi connectivity index (χ4v) is 5.41. The molecule has 3 aromatic carbocycles. The number of likely N-dealkylation sites (tertiary alicyclic amines) is 1. The van der Waals surface area contributed by atoms with Gasteiger partial charge in [-0.15, -0.1) is 0 Å². The molecule has 1 fully saturated rings. The van der Waals surface area contributed by atoms with E-state index in [2.05, 4.69) is 17.0 Å². The van der Waals surface area contributed by atoms with Crippen LogP contribution in [0.1, 0.15) is 53.2 Å². The number of benzene rings is 3. The van der Waals surface area contributed by atoms with Crippen LogP contribution in [0.5, 0.6) is 17.2 Å². The topological polar surface area (TPSA) is 51.2 Å². The first-order valence-corrected chi connectivity index (χ1v) is 13.3. The predicted octanol–water partition coefficient (Wildman–Crippen LogP) is 5.90. The summed E-state index contributed by atoms with van der Waals surface area (Å²) in [7, 11) is 3.33. The molecule has 0 radical (unpaired) electrons. The van der Waals surface area contributed by atoms with E-state index in [1.807, 2.05) is 59.5 Å². The van der Waals surface area contributed by atoms with Crippen LogP contribution in [0, 0.1) is 0 Å². The zero-order valence-corrected chi connectivity index (χ0v) is 21.8. The predicted molar refractivity (Wildman–Crippen MR) is 146 cm³/mol. The Labute approximate surface area is 219 Å². The number of nitrogens with zero attached hydrogens (tertiary/aromatic N) is 2. The number of amides is 1. The Morgan fingerprint density at radius 2 is 1.51 bits per heavy atom. The molecule has 6 nitrogen and oxygen atoms in total. The number of methoxy groups -OCH3 is 2. The van der Waals surface area contributed by atoms with Crippen molar-refractivity contribution in [2.24, 2.45) is 0 Å². The minimum absolute atomic E-state index is 0.0215. The van der Waals surface area contributed by atoms with Gasteiger partial charge in [0.05, 0.1) is 20.3 Å². The molecule has 2 aliphatic heterocycles. The van der Waals surface area contributed by atoms with E-state index in [-0.39, 0.29) is 11.9 Å². The molecule has 1 amide bonds. The lowest BCUT2D eigenvalue weighted by atomic mass is 9.90. The highest BCUT2D eigenvalue weighted by Gasteiger charge is 2.33. The van der Waals surface area contributed by atoms with E-state index in [4.69, 9.17) is 14.2 Å². The van der Waals surface area contributed by atoms with Crippen molar-refractivity contribution < 1.29 is 19.0 Å². The van der Waals surface area contributed by atoms with E-state index in [0.717, 1.165) is 66.5 Å². The summed E-state index contributed by atoms with van der Waals surface area (Å²) in [6.45, 7) is 3.93. The second kappa shape index (κ2) is 11.7. The number of anilines is 1. The third-order valence-electron chi connectivity index (χ3n) is 7.49. The van der Waals surface area contributed by atoms with Crippen LogP contribution in [0.4, 0.5) is 5.69 Å². The molecule has 0 bridgehead atoms. The Kier molecular flexibility index (Phi) is 7.95. The fourth-order valence-electron chi connectivity index (χ4n) is 5.41. The van der Waals surface area contributed by atoms with E-state index >= 15 is 0 Å². The molecule has 0 saturated carbocycles. The van der Waals surface area contributed by atoms with Gasteiger partial charge in [-0.25, -0.2) is 0 Å². The Morgan fingerprint density at radius 1 is 0.838 bits per heavy atom. The number of fused-ring (bicyclic) bond motifs is 1. The maximum atomic E-state index is 14.0. The van der Waals surface area contributed by atoms with E-state index in [9.17, 15) is 4.79 Å². The molecule has 1 unspecified atom stereocenters. The molecule has 1 atom stereocenters. The summed E-state index contributed by atoms with van der Waals surface area (Å²) >= 11 is 0. The Bertz CT molecular complexity index is 1190. The van der Waals surface area contributed by atoms with Gasteiger partial charge in [-0.3, -0.25) is 9.69 Å². The second-order valence-corrected chi connectivity index (χ2v) is 9.77. The lowest BCUT2D eigenvalue weighted by molar-refractivity contribution is 0.0972. The average molecular weight is 501 g/mol. The molecular formula is C31H36N2O4. The number of piperidine rings is 1. The molecule has 194 valence electrons. The van der Waals surface area contributed by atoms with Gasteiger partial charge in [0.25, 0.3) is 5.91 Å². The van der Waals surface area contributed by atoms with Gasteiger partial charge < -0.3 is 19.1 Å². The lowest BCUT2D eigenvalue weighted by Crippen LogP contribution is -2.38. The van der Waals surface area contributed by atoms with E-state index in [1.165, 1.54) is 19.3 Å². The van der Waals surface area contributed by atoms with Crippen molar-refractivity contribution in [3.8, 4) is 17.2 Å². The number of carbonyl (C=O) groups is 1. The summed E-state index contributed by atoms with van der Waals surface area (Å²) in [6, 6.07) is 21.5. The largest absolute Gasteiger partial charge is 0.497 e. The van der Waals surface area contributed by atoms with Crippen molar-refractivity contribution >= 4 is 11.6 Å². The smallest absolute Gasteiger partial charge is 0.258 e. The summed E-state index contributed by atoms with van der Waals surface area (Å²) in [5.41, 5.74) is 3.79. The van der Waals surface area contributed by atoms with Crippen molar-refractivity contribution in [3.05, 3.63) is 83.4 Å². The quantitative estimate of drug-likeness (QED) is 0.385. The van der Waals surface area contributed by atoms with Gasteiger partial charge in [0.2, 0.25) is 0 Å². The highest BCUT2D eigenvalue weighted by atomic mass is 16.5. The van der Waals surface area contributed by atoms with Crippen LogP contribution < -0.4 is 19.1 Å². The van der Waals surface area contributed by atoms with Gasteiger partial charge in [-0.1, -0.05) is 18.6 Å². The maximum Gasteiger partial charge on any atom is 0.258 e. The summed E-state index contributed by atoms with van der Waals surface area (Å²) in [4.78, 5) is 18.4. The number of hydrogen-bond donors (Lipinski definition) is 0. The molecule has 0 aliphatic carbocycles. The molecule has 1 saturated heterocycles. The Morgan fingerprint density at radius 3 is 2.22 bits per heavy atom. The van der Waals surface area contributed by atoms with E-state index in [0.29, 0.717) is 12.2 Å². The molecular weight excluding hydrogens is 464 g/mol. The minimum Gasteiger partial charge on any atom is -0.497 e. The van der Waals surface area contributed by atoms with Crippen LogP contribution in [0.2, 0.25) is 0 Å². The molecule has 5 rings (SSSR count). The molecule has 0 aromatic heterocycles. The standard InChI is InChI=1S/C31H36N2O4/c1-35-26-11-6-23(7-12-26)29-16-10-25-22-28(36-2)15-17-30(25)33(29)31(34)24-8-13-27(14-9-24)37-21-20-32-18-4-3-5-19-32/h6-9,11-15,17,22,29H,3-5,10,16,18-21H2,1-2H3. The van der Waals surface area contributed by atoms with E-state index in [1.54, 1.807) is 14.2 Å². The zero-order chi connectivity index (χ0) is 25.6. The molecule has 0 N–H and O–H groups in total. The highest BCUT2D eigenvalue weighted by molar-refractivity contribution is 6.07. The number of rotatable bonds is 8. The molecule has 37 heavy (non-hydrogen) atoms. The van der Waals surface area contributed by atoms with Gasteiger partial charge in [-0.2, -0.15) is 0 Å². The third kappa shape index (κ3) is 5.75. The third-order valence-corrected chi connectivity index (χ3v) is 7.49. The normalized spacial score (nSPS) is 17.7. The number of hydrogen-bond acceptors (Lipinski definition) is 5. The first kappa shape index (κ1) is 25.2. The van der Waals surface area contributed by atoms with Crippen molar-refractivity contribution in [1.29, 1.82) is 0 Å². The first-order chi connectivity index (χ1) is 18.2. The van der Waals surface area contributed by atoms with Gasteiger partial charge >= 0.3 is 0 Å². The fraction of sp³-hybridized carbons (Fsp3) is 0.387. The van der Waals surface area contributed by atoms with Crippen LogP contribution in [0.3, 0.4) is 0 Å². The highest BCUT2D eigenvalue weighted by Crippen LogP contribution is 2.41. The summed E-state index contributed by atoms with van der Waals surface area (Å²) in [6.07, 6.45) is 5.59. The van der Waals surface area contributed by atoms with Crippen molar-refractivity contribution in [2.45, 2.75) is 38.1 Å². The molecule has 6 heteroatoms. The molecule has 2 heterocycles. The van der Waals surface area contributed by atoms with Crippen LogP contribution in [-0.2, 0) is 6.42 Å². The zero-order valence-electron chi connectivity index (χ0n) is 21.8. The maximum absolute atomic E-state index is 14.0. The monoisotopic (exact) mass is 500 g/mol. The molecule has 3 aromatic rings. The minimum atomic E-state index is -0.0697. The summed E-state index contributed by atoms with van der Waals surface area (Å²) in [5, 5.41) is 0. The number of ether oxygens (including phenoxy) is 3. The van der Waals surface area contributed by atoms with Crippen LogP contribution >= 0.6 is 0 Å². The Hall–Kier alpha value is -3.51. The summed E-state index contributed by atoms with van der Waals surface area (Å²) in [5.74, 6) is 2.38. The average Bonchev–Trinajstić information content (AvgIpc) is 2.97. The van der Waals surface area contributed by atoms with Crippen LogP contribution in [0.15, 0.2) is 66.7 Å². The van der Waals surface area contributed by atoms with Gasteiger partial charge in [0.15, 0.2) is 0 Å². The number of aryl methyl sites for hydroxylation is 1. The first-order valence-electron chi connectivity index (χ1n) is 13.3. The van der Waals surface area contributed by atoms with Crippen molar-refractivity contribution in [1.82, 2.24) is 4.90 Å². The molecule has 0 spiro atoms. The molecule has 2 aliphatic rings. The van der Waals surface area contributed by atoms with Crippen LogP contribution in [0.25, 0.3) is 0 Å². The van der Waals surface area contributed by atoms with E-state index < -0.39 is 0 Å². The van der Waals surface area contributed by atoms with Crippen LogP contribution in [-0.4, -0.2) is 51.3 Å². The number of carbonyl (C=O) groups excluding carboxylic acids is 1. The van der Waals surface area contributed by atoms with Gasteiger partial charge in [-0.05, 0) is 104 Å². The van der Waals surface area contributed by atoms with Crippen molar-refractivity contribution in [3.63, 3.8) is 0 Å².